The topological polar surface area (TPSA) is 22.0 Å². The van der Waals surface area contributed by atoms with Crippen molar-refractivity contribution in [3.05, 3.63) is 84.1 Å². The van der Waals surface area contributed by atoms with Gasteiger partial charge in [0.15, 0.2) is 5.78 Å². The maximum Gasteiger partial charge on any atom is 0.172 e. The first kappa shape index (κ1) is 17.4. The maximum absolute atomic E-state index is 13.6. The molecule has 1 heterocycles. The molecule has 0 fully saturated rings. The fraction of sp³-hybridized carbons (Fsp3) is 0.240. The van der Waals surface area contributed by atoms with Gasteiger partial charge >= 0.3 is 0 Å². The highest BCUT2D eigenvalue weighted by Crippen LogP contribution is 2.44. The number of aromatic nitrogens is 1. The number of hydrogen-bond donors (Lipinski definition) is 0. The molecule has 2 nitrogen and oxygen atoms in total. The van der Waals surface area contributed by atoms with Crippen molar-refractivity contribution >= 4 is 16.7 Å². The molecule has 0 bridgehead atoms. The van der Waals surface area contributed by atoms with Crippen LogP contribution in [0.1, 0.15) is 40.9 Å². The van der Waals surface area contributed by atoms with E-state index in [1.54, 1.807) is 0 Å². The Balaban J connectivity index is 1.89. The van der Waals surface area contributed by atoms with Crippen molar-refractivity contribution in [2.24, 2.45) is 5.41 Å². The molecule has 3 aromatic rings. The number of nitrogens with zero attached hydrogens (tertiary/aromatic N) is 1. The Morgan fingerprint density at radius 2 is 1.89 bits per heavy atom. The second-order valence-corrected chi connectivity index (χ2v) is 7.39. The minimum Gasteiger partial charge on any atom is -0.339 e. The molecule has 0 N–H and O–H groups in total. The van der Waals surface area contributed by atoms with E-state index in [4.69, 9.17) is 6.42 Å². The first-order valence-electron chi connectivity index (χ1n) is 9.43. The third-order valence-corrected chi connectivity index (χ3v) is 5.79. The van der Waals surface area contributed by atoms with Crippen LogP contribution in [-0.4, -0.2) is 10.4 Å². The van der Waals surface area contributed by atoms with Crippen LogP contribution in [0.3, 0.4) is 0 Å². The van der Waals surface area contributed by atoms with Gasteiger partial charge in [-0.3, -0.25) is 4.79 Å². The van der Waals surface area contributed by atoms with Crippen LogP contribution in [0.4, 0.5) is 0 Å². The van der Waals surface area contributed by atoms with Gasteiger partial charge in [-0.25, -0.2) is 0 Å². The summed E-state index contributed by atoms with van der Waals surface area (Å²) in [6.07, 6.45) is 10.2. The third kappa shape index (κ3) is 2.80. The molecule has 134 valence electrons. The number of fused-ring (bicyclic) bond motifs is 3. The summed E-state index contributed by atoms with van der Waals surface area (Å²) in [5.74, 6) is 2.93. The highest BCUT2D eigenvalue weighted by molar-refractivity contribution is 6.13. The number of hydrogen-bond acceptors (Lipinski definition) is 1. The lowest BCUT2D eigenvalue weighted by Gasteiger charge is -2.34. The van der Waals surface area contributed by atoms with Gasteiger partial charge in [-0.15, -0.1) is 18.9 Å². The van der Waals surface area contributed by atoms with Crippen molar-refractivity contribution in [3.63, 3.8) is 0 Å². The van der Waals surface area contributed by atoms with Crippen molar-refractivity contribution in [2.75, 3.05) is 0 Å². The van der Waals surface area contributed by atoms with Crippen LogP contribution in [0.2, 0.25) is 0 Å². The smallest absolute Gasteiger partial charge is 0.172 e. The summed E-state index contributed by atoms with van der Waals surface area (Å²) in [4.78, 5) is 13.6. The quantitative estimate of drug-likeness (QED) is 0.444. The number of ketones is 1. The van der Waals surface area contributed by atoms with Gasteiger partial charge in [0.2, 0.25) is 0 Å². The molecule has 4 rings (SSSR count). The Morgan fingerprint density at radius 3 is 2.63 bits per heavy atom. The molecule has 0 saturated carbocycles. The molecule has 1 aliphatic rings. The van der Waals surface area contributed by atoms with Crippen LogP contribution >= 0.6 is 0 Å². The zero-order valence-corrected chi connectivity index (χ0v) is 15.4. The molecule has 0 amide bonds. The Kier molecular flexibility index (Phi) is 4.46. The van der Waals surface area contributed by atoms with Gasteiger partial charge in [-0.1, -0.05) is 54.6 Å². The molecule has 2 heteroatoms. The summed E-state index contributed by atoms with van der Waals surface area (Å²) >= 11 is 0. The summed E-state index contributed by atoms with van der Waals surface area (Å²) in [5.41, 5.74) is 3.85. The fourth-order valence-electron chi connectivity index (χ4n) is 4.46. The summed E-state index contributed by atoms with van der Waals surface area (Å²) in [6, 6.07) is 18.6. The van der Waals surface area contributed by atoms with E-state index in [2.05, 4.69) is 53.5 Å². The fourth-order valence-corrected chi connectivity index (χ4v) is 4.46. The van der Waals surface area contributed by atoms with Crippen molar-refractivity contribution < 1.29 is 4.79 Å². The van der Waals surface area contributed by atoms with Crippen LogP contribution in [0.25, 0.3) is 10.9 Å². The minimum atomic E-state index is -0.509. The lowest BCUT2D eigenvalue weighted by atomic mass is 9.68. The molecule has 1 unspecified atom stereocenters. The van der Waals surface area contributed by atoms with Crippen molar-refractivity contribution in [1.82, 2.24) is 4.57 Å². The first-order chi connectivity index (χ1) is 13.2. The second kappa shape index (κ2) is 6.93. The third-order valence-electron chi connectivity index (χ3n) is 5.79. The first-order valence-corrected chi connectivity index (χ1v) is 9.43. The Labute approximate surface area is 160 Å². The lowest BCUT2D eigenvalue weighted by Crippen LogP contribution is -2.36. The SMILES string of the molecule is C#CCC1(CC=C)CCc2c(c3ccccc3n2Cc2ccccc2)C1=O. The molecule has 2 aromatic carbocycles. The van der Waals surface area contributed by atoms with Crippen molar-refractivity contribution in [2.45, 2.75) is 32.2 Å². The van der Waals surface area contributed by atoms with E-state index in [0.29, 0.717) is 12.8 Å². The van der Waals surface area contributed by atoms with Gasteiger partial charge in [0.1, 0.15) is 0 Å². The zero-order valence-electron chi connectivity index (χ0n) is 15.4. The molecule has 0 radical (unpaired) electrons. The summed E-state index contributed by atoms with van der Waals surface area (Å²) in [6.45, 7) is 4.64. The number of rotatable bonds is 5. The van der Waals surface area contributed by atoms with Crippen LogP contribution in [0.15, 0.2) is 67.3 Å². The predicted molar refractivity (Wildman–Crippen MR) is 111 cm³/mol. The summed E-state index contributed by atoms with van der Waals surface area (Å²) in [5, 5.41) is 1.04. The van der Waals surface area contributed by atoms with Crippen LogP contribution in [0.5, 0.6) is 0 Å². The van der Waals surface area contributed by atoms with E-state index in [-0.39, 0.29) is 5.78 Å². The summed E-state index contributed by atoms with van der Waals surface area (Å²) in [7, 11) is 0. The number of carbonyl (C=O) groups is 1. The van der Waals surface area contributed by atoms with Crippen molar-refractivity contribution in [3.8, 4) is 12.3 Å². The maximum atomic E-state index is 13.6. The van der Waals surface area contributed by atoms with E-state index < -0.39 is 5.41 Å². The van der Waals surface area contributed by atoms with Gasteiger partial charge in [-0.2, -0.15) is 0 Å². The van der Waals surface area contributed by atoms with E-state index in [0.717, 1.165) is 41.5 Å². The predicted octanol–water partition coefficient (Wildman–Crippen LogP) is 5.40. The van der Waals surface area contributed by atoms with Gasteiger partial charge in [0.05, 0.1) is 0 Å². The molecule has 1 aliphatic carbocycles. The molecule has 0 saturated heterocycles. The monoisotopic (exact) mass is 353 g/mol. The molecular weight excluding hydrogens is 330 g/mol. The number of benzene rings is 2. The molecule has 27 heavy (non-hydrogen) atoms. The van der Waals surface area contributed by atoms with E-state index in [9.17, 15) is 4.79 Å². The van der Waals surface area contributed by atoms with Gasteiger partial charge in [0.25, 0.3) is 0 Å². The van der Waals surface area contributed by atoms with Crippen molar-refractivity contribution in [1.29, 1.82) is 0 Å². The van der Waals surface area contributed by atoms with Gasteiger partial charge < -0.3 is 4.57 Å². The number of terminal acetylenes is 1. The second-order valence-electron chi connectivity index (χ2n) is 7.39. The molecule has 1 atom stereocenters. The van der Waals surface area contributed by atoms with Crippen LogP contribution in [-0.2, 0) is 13.0 Å². The average Bonchev–Trinajstić information content (AvgIpc) is 3.00. The zero-order chi connectivity index (χ0) is 18.9. The van der Waals surface area contributed by atoms with Gasteiger partial charge in [0, 0.05) is 40.5 Å². The average molecular weight is 353 g/mol. The van der Waals surface area contributed by atoms with Gasteiger partial charge in [-0.05, 0) is 30.9 Å². The molecular formula is C25H23NO. The normalized spacial score (nSPS) is 18.9. The lowest BCUT2D eigenvalue weighted by molar-refractivity contribution is 0.0766. The van der Waals surface area contributed by atoms with Crippen LogP contribution < -0.4 is 0 Å². The number of carbonyl (C=O) groups excluding carboxylic acids is 1. The molecule has 0 aliphatic heterocycles. The Morgan fingerprint density at radius 1 is 1.15 bits per heavy atom. The van der Waals surface area contributed by atoms with E-state index >= 15 is 0 Å². The number of Topliss-reactive ketones (excluding diaryl/α,β-unsaturated/α-hetero) is 1. The summed E-state index contributed by atoms with van der Waals surface area (Å²) < 4.78 is 2.31. The van der Waals surface area contributed by atoms with E-state index in [1.165, 1.54) is 5.56 Å². The van der Waals surface area contributed by atoms with Crippen LogP contribution in [0, 0.1) is 17.8 Å². The standard InChI is InChI=1S/C25H23NO/c1-3-15-25(16-4-2)17-14-22-23(24(25)27)20-12-8-9-13-21(20)26(22)18-19-10-6-5-7-11-19/h1,4-13H,2,14-18H2. The molecule has 1 aromatic heterocycles. The molecule has 0 spiro atoms. The van der Waals surface area contributed by atoms with E-state index in [1.807, 2.05) is 24.3 Å². The largest absolute Gasteiger partial charge is 0.339 e. The highest BCUT2D eigenvalue weighted by atomic mass is 16.1. The Hall–Kier alpha value is -3.05. The number of allylic oxidation sites excluding steroid dienone is 1. The Bertz CT molecular complexity index is 1050. The highest BCUT2D eigenvalue weighted by Gasteiger charge is 2.43. The minimum absolute atomic E-state index is 0.185. The number of para-hydroxylation sites is 1.